The molecule has 0 bridgehead atoms. The van der Waals surface area contributed by atoms with Crippen LogP contribution in [0.1, 0.15) is 28.8 Å². The van der Waals surface area contributed by atoms with Gasteiger partial charge in [-0.05, 0) is 50.6 Å². The number of aryl methyl sites for hydroxylation is 1. The van der Waals surface area contributed by atoms with Gasteiger partial charge in [-0.1, -0.05) is 29.8 Å². The standard InChI is InChI=1S/C23H21FN2O3/c1-13-4-6-14(7-5-13)21(27)20-19-18(17-3-2-12-25(17)20)22(28)26(23(19)29)16-10-8-15(24)9-11-16/h4-11,17-20H,2-3,12H2,1H3. The van der Waals surface area contributed by atoms with Gasteiger partial charge in [0.1, 0.15) is 5.82 Å². The highest BCUT2D eigenvalue weighted by molar-refractivity contribution is 6.24. The molecule has 2 aromatic rings. The van der Waals surface area contributed by atoms with Crippen molar-refractivity contribution < 1.29 is 18.8 Å². The van der Waals surface area contributed by atoms with Crippen molar-refractivity contribution in [2.75, 3.05) is 11.4 Å². The number of carbonyl (C=O) groups is 3. The maximum Gasteiger partial charge on any atom is 0.239 e. The molecule has 0 N–H and O–H groups in total. The number of hydrogen-bond donors (Lipinski definition) is 0. The Balaban J connectivity index is 1.54. The minimum absolute atomic E-state index is 0.0960. The van der Waals surface area contributed by atoms with E-state index in [9.17, 15) is 18.8 Å². The Labute approximate surface area is 168 Å². The molecule has 4 atom stereocenters. The average Bonchev–Trinajstić information content (AvgIpc) is 3.35. The first-order valence-electron chi connectivity index (χ1n) is 9.97. The number of halogens is 1. The van der Waals surface area contributed by atoms with Crippen LogP contribution in [0.3, 0.4) is 0 Å². The van der Waals surface area contributed by atoms with E-state index in [1.165, 1.54) is 24.3 Å². The Morgan fingerprint density at radius 1 is 0.966 bits per heavy atom. The van der Waals surface area contributed by atoms with Gasteiger partial charge in [0.15, 0.2) is 5.78 Å². The van der Waals surface area contributed by atoms with Gasteiger partial charge in [0.05, 0.1) is 23.6 Å². The normalized spacial score (nSPS) is 28.7. The number of amides is 2. The molecule has 3 heterocycles. The molecule has 0 aliphatic carbocycles. The van der Waals surface area contributed by atoms with Gasteiger partial charge in [0, 0.05) is 11.6 Å². The first-order valence-corrected chi connectivity index (χ1v) is 9.97. The van der Waals surface area contributed by atoms with Crippen LogP contribution in [0.2, 0.25) is 0 Å². The second-order valence-electron chi connectivity index (χ2n) is 8.16. The molecule has 2 amide bonds. The van der Waals surface area contributed by atoms with E-state index in [4.69, 9.17) is 0 Å². The molecule has 29 heavy (non-hydrogen) atoms. The molecule has 5 nitrogen and oxygen atoms in total. The largest absolute Gasteiger partial charge is 0.292 e. The Bertz CT molecular complexity index is 1000. The smallest absolute Gasteiger partial charge is 0.239 e. The van der Waals surface area contributed by atoms with Crippen molar-refractivity contribution in [2.45, 2.75) is 31.8 Å². The van der Waals surface area contributed by atoms with Crippen LogP contribution in [0.15, 0.2) is 48.5 Å². The van der Waals surface area contributed by atoms with Gasteiger partial charge in [0.2, 0.25) is 11.8 Å². The number of carbonyl (C=O) groups excluding carboxylic acids is 3. The van der Waals surface area contributed by atoms with Gasteiger partial charge in [-0.3, -0.25) is 19.3 Å². The minimum Gasteiger partial charge on any atom is -0.292 e. The van der Waals surface area contributed by atoms with Crippen molar-refractivity contribution in [1.82, 2.24) is 4.90 Å². The quantitative estimate of drug-likeness (QED) is 0.595. The molecule has 3 aliphatic rings. The summed E-state index contributed by atoms with van der Waals surface area (Å²) in [6.45, 7) is 2.67. The van der Waals surface area contributed by atoms with Crippen LogP contribution < -0.4 is 4.90 Å². The van der Waals surface area contributed by atoms with Crippen LogP contribution in [0.4, 0.5) is 10.1 Å². The van der Waals surface area contributed by atoms with E-state index in [1.54, 1.807) is 12.1 Å². The molecule has 3 fully saturated rings. The molecule has 0 aromatic heterocycles. The lowest BCUT2D eigenvalue weighted by atomic mass is 9.85. The summed E-state index contributed by atoms with van der Waals surface area (Å²) in [5.41, 5.74) is 1.98. The van der Waals surface area contributed by atoms with Gasteiger partial charge in [-0.15, -0.1) is 0 Å². The molecule has 148 valence electrons. The lowest BCUT2D eigenvalue weighted by molar-refractivity contribution is -0.123. The van der Waals surface area contributed by atoms with Crippen molar-refractivity contribution in [3.8, 4) is 0 Å². The van der Waals surface area contributed by atoms with Crippen LogP contribution in [-0.2, 0) is 9.59 Å². The van der Waals surface area contributed by atoms with Crippen molar-refractivity contribution in [1.29, 1.82) is 0 Å². The topological polar surface area (TPSA) is 57.7 Å². The zero-order valence-electron chi connectivity index (χ0n) is 16.0. The summed E-state index contributed by atoms with van der Waals surface area (Å²) in [5, 5.41) is 0. The van der Waals surface area contributed by atoms with Crippen LogP contribution in [0, 0.1) is 24.6 Å². The van der Waals surface area contributed by atoms with Crippen molar-refractivity contribution in [3.05, 3.63) is 65.5 Å². The fraction of sp³-hybridized carbons (Fsp3) is 0.348. The number of hydrogen-bond acceptors (Lipinski definition) is 4. The predicted molar refractivity (Wildman–Crippen MR) is 105 cm³/mol. The number of imide groups is 1. The first-order chi connectivity index (χ1) is 14.0. The van der Waals surface area contributed by atoms with Crippen molar-refractivity contribution in [3.63, 3.8) is 0 Å². The van der Waals surface area contributed by atoms with Gasteiger partial charge in [0.25, 0.3) is 0 Å². The molecule has 0 radical (unpaired) electrons. The molecule has 0 spiro atoms. The van der Waals surface area contributed by atoms with Crippen molar-refractivity contribution in [2.24, 2.45) is 11.8 Å². The highest BCUT2D eigenvalue weighted by Gasteiger charge is 2.64. The van der Waals surface area contributed by atoms with E-state index >= 15 is 0 Å². The van der Waals surface area contributed by atoms with E-state index in [0.29, 0.717) is 11.3 Å². The van der Waals surface area contributed by atoms with E-state index in [2.05, 4.69) is 4.90 Å². The van der Waals surface area contributed by atoms with Crippen LogP contribution >= 0.6 is 0 Å². The number of benzene rings is 2. The van der Waals surface area contributed by atoms with Crippen LogP contribution in [0.5, 0.6) is 0 Å². The van der Waals surface area contributed by atoms with Gasteiger partial charge in [-0.2, -0.15) is 0 Å². The second kappa shape index (κ2) is 6.59. The summed E-state index contributed by atoms with van der Waals surface area (Å²) in [5.74, 6) is -2.37. The minimum atomic E-state index is -0.688. The van der Waals surface area contributed by atoms with Crippen LogP contribution in [-0.4, -0.2) is 41.1 Å². The Morgan fingerprint density at radius 2 is 1.62 bits per heavy atom. The molecule has 3 aliphatic heterocycles. The third kappa shape index (κ3) is 2.66. The highest BCUT2D eigenvalue weighted by Crippen LogP contribution is 2.48. The zero-order chi connectivity index (χ0) is 20.3. The third-order valence-electron chi connectivity index (χ3n) is 6.54. The number of Topliss-reactive ketones (excluding diaryl/α,β-unsaturated/α-hetero) is 1. The second-order valence-corrected chi connectivity index (χ2v) is 8.16. The molecular formula is C23H21FN2O3. The highest BCUT2D eigenvalue weighted by atomic mass is 19.1. The molecular weight excluding hydrogens is 371 g/mol. The summed E-state index contributed by atoms with van der Waals surface area (Å²) < 4.78 is 13.3. The van der Waals surface area contributed by atoms with E-state index < -0.39 is 23.7 Å². The molecule has 4 unspecified atom stereocenters. The third-order valence-corrected chi connectivity index (χ3v) is 6.54. The number of nitrogens with zero attached hydrogens (tertiary/aromatic N) is 2. The first kappa shape index (κ1) is 18.2. The lowest BCUT2D eigenvalue weighted by Gasteiger charge is -2.27. The molecule has 5 rings (SSSR count). The predicted octanol–water partition coefficient (Wildman–Crippen LogP) is 2.97. The Hall–Kier alpha value is -2.86. The maximum absolute atomic E-state index is 13.4. The zero-order valence-corrected chi connectivity index (χ0v) is 16.0. The fourth-order valence-corrected chi connectivity index (χ4v) is 5.25. The number of ketones is 1. The number of rotatable bonds is 3. The van der Waals surface area contributed by atoms with Crippen molar-refractivity contribution >= 4 is 23.3 Å². The summed E-state index contributed by atoms with van der Waals surface area (Å²) >= 11 is 0. The molecule has 6 heteroatoms. The van der Waals surface area contributed by atoms with Gasteiger partial charge in [-0.25, -0.2) is 9.29 Å². The van der Waals surface area contributed by atoms with Gasteiger partial charge < -0.3 is 0 Å². The van der Waals surface area contributed by atoms with Crippen LogP contribution in [0.25, 0.3) is 0 Å². The summed E-state index contributed by atoms with van der Waals surface area (Å²) in [7, 11) is 0. The number of anilines is 1. The Kier molecular flexibility index (Phi) is 4.13. The maximum atomic E-state index is 13.4. The summed E-state index contributed by atoms with van der Waals surface area (Å²) in [6, 6.07) is 12.0. The average molecular weight is 392 g/mol. The summed E-state index contributed by atoms with van der Waals surface area (Å²) in [4.78, 5) is 43.2. The molecule has 3 saturated heterocycles. The fourth-order valence-electron chi connectivity index (χ4n) is 5.25. The van der Waals surface area contributed by atoms with E-state index in [-0.39, 0.29) is 23.6 Å². The molecule has 2 aromatic carbocycles. The summed E-state index contributed by atoms with van der Waals surface area (Å²) in [6.07, 6.45) is 1.71. The van der Waals surface area contributed by atoms with E-state index in [1.807, 2.05) is 19.1 Å². The van der Waals surface area contributed by atoms with Gasteiger partial charge >= 0.3 is 0 Å². The number of fused-ring (bicyclic) bond motifs is 3. The van der Waals surface area contributed by atoms with E-state index in [0.717, 1.165) is 29.8 Å². The lowest BCUT2D eigenvalue weighted by Crippen LogP contribution is -2.46. The molecule has 0 saturated carbocycles. The SMILES string of the molecule is Cc1ccc(C(=O)C2C3C(=O)N(c4ccc(F)cc4)C(=O)C3C3CCCN32)cc1. The Morgan fingerprint density at radius 3 is 2.31 bits per heavy atom. The monoisotopic (exact) mass is 392 g/mol.